The third-order valence-electron chi connectivity index (χ3n) is 4.68. The average Bonchev–Trinajstić information content (AvgIpc) is 2.65. The summed E-state index contributed by atoms with van der Waals surface area (Å²) in [6.45, 7) is 8.05. The Balaban J connectivity index is 2.98. The summed E-state index contributed by atoms with van der Waals surface area (Å²) in [6, 6.07) is 2.05. The zero-order valence-electron chi connectivity index (χ0n) is 16.4. The second-order valence-electron chi connectivity index (χ2n) is 6.49. The maximum absolute atomic E-state index is 14.4. The van der Waals surface area contributed by atoms with E-state index in [1.807, 2.05) is 19.9 Å². The first kappa shape index (κ1) is 24.4. The lowest BCUT2D eigenvalue weighted by Gasteiger charge is -2.30. The van der Waals surface area contributed by atoms with E-state index in [9.17, 15) is 17.6 Å². The molecule has 0 saturated carbocycles. The number of carbonyl (C=O) groups is 1. The molecule has 158 valence electrons. The topological polar surface area (TPSA) is 81.7 Å². The van der Waals surface area contributed by atoms with Crippen molar-refractivity contribution in [2.75, 3.05) is 26.1 Å². The summed E-state index contributed by atoms with van der Waals surface area (Å²) in [5.41, 5.74) is -0.630. The fraction of sp³-hybridized carbons (Fsp3) is 0.526. The predicted molar refractivity (Wildman–Crippen MR) is 108 cm³/mol. The highest BCUT2D eigenvalue weighted by Gasteiger charge is 2.27. The Morgan fingerprint density at radius 3 is 2.54 bits per heavy atom. The Labute approximate surface area is 171 Å². The Morgan fingerprint density at radius 1 is 1.36 bits per heavy atom. The van der Waals surface area contributed by atoms with Gasteiger partial charge < -0.3 is 9.47 Å². The second-order valence-corrected chi connectivity index (χ2v) is 8.74. The van der Waals surface area contributed by atoms with E-state index in [-0.39, 0.29) is 22.8 Å². The Bertz CT molecular complexity index is 794. The van der Waals surface area contributed by atoms with Gasteiger partial charge in [0.2, 0.25) is 10.0 Å². The molecule has 0 heterocycles. The molecule has 9 heteroatoms. The third kappa shape index (κ3) is 6.76. The van der Waals surface area contributed by atoms with Gasteiger partial charge in [0.25, 0.3) is 5.91 Å². The minimum absolute atomic E-state index is 0.0144. The molecule has 0 aliphatic heterocycles. The highest BCUT2D eigenvalue weighted by atomic mass is 35.5. The largest absolute Gasteiger partial charge is 0.491 e. The first-order valence-corrected chi connectivity index (χ1v) is 10.9. The van der Waals surface area contributed by atoms with Crippen LogP contribution in [0, 0.1) is 11.2 Å². The number of nitrogens with one attached hydrogen (secondary N) is 1. The molecular formula is C19H27ClFNO5S. The molecule has 0 aliphatic carbocycles. The minimum atomic E-state index is -3.95. The Kier molecular flexibility index (Phi) is 9.39. The number of ether oxygens (including phenoxy) is 2. The van der Waals surface area contributed by atoms with Crippen molar-refractivity contribution in [2.24, 2.45) is 5.41 Å². The lowest BCUT2D eigenvalue weighted by Crippen LogP contribution is -2.34. The number of benzene rings is 1. The first-order chi connectivity index (χ1) is 13.1. The zero-order valence-corrected chi connectivity index (χ0v) is 18.0. The third-order valence-corrected chi connectivity index (χ3v) is 6.18. The molecule has 28 heavy (non-hydrogen) atoms. The van der Waals surface area contributed by atoms with E-state index in [4.69, 9.17) is 16.3 Å². The summed E-state index contributed by atoms with van der Waals surface area (Å²) in [5.74, 6) is -2.37. The molecule has 1 aromatic carbocycles. The molecular weight excluding hydrogens is 409 g/mol. The number of carbonyl (C=O) groups excluding carboxylic acids is 1. The summed E-state index contributed by atoms with van der Waals surface area (Å²) in [4.78, 5) is 12.1. The molecule has 6 nitrogen and oxygen atoms in total. The highest BCUT2D eigenvalue weighted by Crippen LogP contribution is 2.34. The van der Waals surface area contributed by atoms with Crippen LogP contribution in [0.1, 0.15) is 43.5 Å². The SMILES string of the molecule is C=CCC(CC)(CC)COc1cc(F)c(C(=O)NS(=O)(=O)CCOC)cc1Cl. The molecule has 1 N–H and O–H groups in total. The van der Waals surface area contributed by atoms with Crippen molar-refractivity contribution < 1.29 is 27.1 Å². The van der Waals surface area contributed by atoms with Gasteiger partial charge in [-0.05, 0) is 25.3 Å². The van der Waals surface area contributed by atoms with Crippen LogP contribution in [0.3, 0.4) is 0 Å². The van der Waals surface area contributed by atoms with E-state index >= 15 is 0 Å². The van der Waals surface area contributed by atoms with Gasteiger partial charge in [-0.1, -0.05) is 31.5 Å². The molecule has 1 amide bonds. The molecule has 1 aromatic rings. The van der Waals surface area contributed by atoms with Crippen LogP contribution in [0.5, 0.6) is 5.75 Å². The van der Waals surface area contributed by atoms with Crippen LogP contribution in [0.2, 0.25) is 5.02 Å². The molecule has 0 atom stereocenters. The number of halogens is 2. The molecule has 0 bridgehead atoms. The lowest BCUT2D eigenvalue weighted by atomic mass is 9.80. The molecule has 0 unspecified atom stereocenters. The predicted octanol–water partition coefficient (Wildman–Crippen LogP) is 3.95. The van der Waals surface area contributed by atoms with Crippen LogP contribution >= 0.6 is 11.6 Å². The van der Waals surface area contributed by atoms with Gasteiger partial charge in [0.05, 0.1) is 29.6 Å². The van der Waals surface area contributed by atoms with Crippen LogP contribution < -0.4 is 9.46 Å². The van der Waals surface area contributed by atoms with Crippen molar-refractivity contribution in [3.63, 3.8) is 0 Å². The smallest absolute Gasteiger partial charge is 0.267 e. The average molecular weight is 436 g/mol. The van der Waals surface area contributed by atoms with E-state index in [1.54, 1.807) is 4.72 Å². The van der Waals surface area contributed by atoms with Crippen LogP contribution in [-0.4, -0.2) is 40.4 Å². The lowest BCUT2D eigenvalue weighted by molar-refractivity contribution is 0.0977. The van der Waals surface area contributed by atoms with E-state index in [1.165, 1.54) is 7.11 Å². The van der Waals surface area contributed by atoms with Crippen LogP contribution in [-0.2, 0) is 14.8 Å². The van der Waals surface area contributed by atoms with Crippen molar-refractivity contribution in [2.45, 2.75) is 33.1 Å². The Morgan fingerprint density at radius 2 is 2.00 bits per heavy atom. The molecule has 0 fully saturated rings. The number of sulfonamides is 1. The summed E-state index contributed by atoms with van der Waals surface area (Å²) in [5, 5.41) is 0.0144. The fourth-order valence-corrected chi connectivity index (χ4v) is 3.69. The minimum Gasteiger partial charge on any atom is -0.491 e. The van der Waals surface area contributed by atoms with Gasteiger partial charge in [-0.15, -0.1) is 6.58 Å². The monoisotopic (exact) mass is 435 g/mol. The van der Waals surface area contributed by atoms with Gasteiger partial charge in [0.1, 0.15) is 11.6 Å². The second kappa shape index (κ2) is 10.8. The number of hydrogen-bond acceptors (Lipinski definition) is 5. The van der Waals surface area contributed by atoms with Gasteiger partial charge in [0, 0.05) is 18.6 Å². The van der Waals surface area contributed by atoms with Crippen LogP contribution in [0.15, 0.2) is 24.8 Å². The number of methoxy groups -OCH3 is 1. The molecule has 0 radical (unpaired) electrons. The van der Waals surface area contributed by atoms with E-state index in [0.29, 0.717) is 6.61 Å². The summed E-state index contributed by atoms with van der Waals surface area (Å²) in [7, 11) is -2.62. The van der Waals surface area contributed by atoms with Gasteiger partial charge >= 0.3 is 0 Å². The van der Waals surface area contributed by atoms with Gasteiger partial charge in [0.15, 0.2) is 0 Å². The molecule has 0 spiro atoms. The van der Waals surface area contributed by atoms with E-state index in [2.05, 4.69) is 11.3 Å². The Hall–Kier alpha value is -1.64. The summed E-state index contributed by atoms with van der Waals surface area (Å²) in [6.07, 6.45) is 4.24. The number of hydrogen-bond donors (Lipinski definition) is 1. The van der Waals surface area contributed by atoms with Gasteiger partial charge in [-0.25, -0.2) is 17.5 Å². The van der Waals surface area contributed by atoms with E-state index < -0.39 is 33.1 Å². The molecule has 0 aliphatic rings. The van der Waals surface area contributed by atoms with Gasteiger partial charge in [-0.3, -0.25) is 4.79 Å². The fourth-order valence-electron chi connectivity index (χ4n) is 2.59. The van der Waals surface area contributed by atoms with E-state index in [0.717, 1.165) is 31.4 Å². The molecule has 0 saturated heterocycles. The first-order valence-electron chi connectivity index (χ1n) is 8.90. The van der Waals surface area contributed by atoms with Crippen molar-refractivity contribution in [3.8, 4) is 5.75 Å². The molecule has 1 rings (SSSR count). The summed E-state index contributed by atoms with van der Waals surface area (Å²) >= 11 is 6.13. The van der Waals surface area contributed by atoms with Gasteiger partial charge in [-0.2, -0.15) is 0 Å². The standard InChI is InChI=1S/C19H27ClFNO5S/c1-5-8-19(6-2,7-3)13-27-17-12-16(21)14(11-15(17)20)18(23)22-28(24,25)10-9-26-4/h5,11-12H,1,6-10,13H2,2-4H3,(H,22,23). The number of rotatable bonds is 12. The maximum Gasteiger partial charge on any atom is 0.267 e. The quantitative estimate of drug-likeness (QED) is 0.503. The van der Waals surface area contributed by atoms with Crippen molar-refractivity contribution in [3.05, 3.63) is 41.2 Å². The highest BCUT2D eigenvalue weighted by molar-refractivity contribution is 7.90. The molecule has 0 aromatic heterocycles. The van der Waals surface area contributed by atoms with Crippen LogP contribution in [0.4, 0.5) is 4.39 Å². The summed E-state index contributed by atoms with van der Waals surface area (Å²) < 4.78 is 50.1. The van der Waals surface area contributed by atoms with Crippen LogP contribution in [0.25, 0.3) is 0 Å². The van der Waals surface area contributed by atoms with Crippen molar-refractivity contribution in [1.29, 1.82) is 0 Å². The maximum atomic E-state index is 14.4. The number of amides is 1. The zero-order chi connectivity index (χ0) is 21.4. The van der Waals surface area contributed by atoms with Crippen molar-refractivity contribution in [1.82, 2.24) is 4.72 Å². The number of allylic oxidation sites excluding steroid dienone is 1. The van der Waals surface area contributed by atoms with Crippen molar-refractivity contribution >= 4 is 27.5 Å². The normalized spacial score (nSPS) is 11.9.